The summed E-state index contributed by atoms with van der Waals surface area (Å²) in [7, 11) is 3.11. The third kappa shape index (κ3) is 4.15. The Morgan fingerprint density at radius 2 is 1.82 bits per heavy atom. The maximum absolute atomic E-state index is 10.5. The molecule has 94 valence electrons. The molecule has 1 aromatic rings. The van der Waals surface area contributed by atoms with Crippen molar-refractivity contribution in [2.24, 2.45) is 0 Å². The average molecular weight is 259 g/mol. The molecule has 0 fully saturated rings. The van der Waals surface area contributed by atoms with Gasteiger partial charge in [0.05, 0.1) is 19.6 Å². The van der Waals surface area contributed by atoms with Gasteiger partial charge >= 0.3 is 5.97 Å². The van der Waals surface area contributed by atoms with E-state index in [0.717, 1.165) is 5.56 Å². The third-order valence-electron chi connectivity index (χ3n) is 2.35. The summed E-state index contributed by atoms with van der Waals surface area (Å²) in [6.45, 7) is 0. The summed E-state index contributed by atoms with van der Waals surface area (Å²) in [5, 5.41) is 8.24. The van der Waals surface area contributed by atoms with Crippen molar-refractivity contribution in [1.29, 1.82) is 0 Å². The Kier molecular flexibility index (Phi) is 5.10. The largest absolute Gasteiger partial charge is 0.497 e. The Morgan fingerprint density at radius 3 is 2.24 bits per heavy atom. The summed E-state index contributed by atoms with van der Waals surface area (Å²) in [6, 6.07) is 5.30. The number of hydrogen-bond donors (Lipinski definition) is 1. The molecule has 0 spiro atoms. The van der Waals surface area contributed by atoms with Crippen molar-refractivity contribution in [3.63, 3.8) is 0 Å². The molecule has 0 aromatic heterocycles. The van der Waals surface area contributed by atoms with Gasteiger partial charge in [0.1, 0.15) is 11.5 Å². The van der Waals surface area contributed by atoms with Gasteiger partial charge in [0, 0.05) is 12.5 Å². The topological polar surface area (TPSA) is 55.8 Å². The van der Waals surface area contributed by atoms with Gasteiger partial charge in [0.15, 0.2) is 0 Å². The van der Waals surface area contributed by atoms with Crippen LogP contribution in [0.5, 0.6) is 11.5 Å². The second kappa shape index (κ2) is 6.35. The van der Waals surface area contributed by atoms with Gasteiger partial charge < -0.3 is 14.6 Å². The molecule has 0 aliphatic carbocycles. The van der Waals surface area contributed by atoms with Gasteiger partial charge in [-0.15, -0.1) is 11.6 Å². The zero-order chi connectivity index (χ0) is 12.8. The van der Waals surface area contributed by atoms with Gasteiger partial charge in [0.25, 0.3) is 0 Å². The van der Waals surface area contributed by atoms with E-state index in [1.165, 1.54) is 0 Å². The molecule has 1 aromatic carbocycles. The molecule has 1 atom stereocenters. The predicted octanol–water partition coefficient (Wildman–Crippen LogP) is 2.85. The molecule has 0 amide bonds. The molecule has 4 nitrogen and oxygen atoms in total. The van der Waals surface area contributed by atoms with Gasteiger partial charge in [-0.05, 0) is 24.1 Å². The van der Waals surface area contributed by atoms with Crippen molar-refractivity contribution in [3.8, 4) is 11.5 Å². The number of carbonyl (C=O) groups is 1. The first-order chi connectivity index (χ1) is 8.06. The lowest BCUT2D eigenvalue weighted by Gasteiger charge is -2.12. The van der Waals surface area contributed by atoms with E-state index in [9.17, 15) is 4.79 Å². The summed E-state index contributed by atoms with van der Waals surface area (Å²) < 4.78 is 10.2. The van der Waals surface area contributed by atoms with Gasteiger partial charge in [-0.1, -0.05) is 0 Å². The number of hydrogen-bond acceptors (Lipinski definition) is 3. The second-order valence-electron chi connectivity index (χ2n) is 3.55. The minimum absolute atomic E-state index is 0.0354. The number of alkyl halides is 1. The molecular weight excluding hydrogens is 244 g/mol. The fraction of sp³-hybridized carbons (Fsp3) is 0.417. The van der Waals surface area contributed by atoms with Crippen LogP contribution in [0.25, 0.3) is 0 Å². The zero-order valence-electron chi connectivity index (χ0n) is 9.77. The molecule has 17 heavy (non-hydrogen) atoms. The van der Waals surface area contributed by atoms with Gasteiger partial charge in [0.2, 0.25) is 0 Å². The van der Waals surface area contributed by atoms with Crippen LogP contribution < -0.4 is 9.47 Å². The first-order valence-corrected chi connectivity index (χ1v) is 5.59. The molecule has 0 radical (unpaired) electrons. The summed E-state index contributed by atoms with van der Waals surface area (Å²) in [4.78, 5) is 10.5. The second-order valence-corrected chi connectivity index (χ2v) is 4.07. The maximum atomic E-state index is 10.5. The monoisotopic (exact) mass is 258 g/mol. The molecule has 0 saturated carbocycles. The van der Waals surface area contributed by atoms with E-state index in [1.54, 1.807) is 32.4 Å². The standard InChI is InChI=1S/C12H15ClO4/c1-16-9-5-8(6-10(7-9)17-2)11(13)3-4-12(14)15/h5-7,11H,3-4H2,1-2H3,(H,14,15). The highest BCUT2D eigenvalue weighted by molar-refractivity contribution is 6.20. The Hall–Kier alpha value is -1.42. The lowest BCUT2D eigenvalue weighted by Crippen LogP contribution is -1.99. The fourth-order valence-electron chi connectivity index (χ4n) is 1.43. The zero-order valence-corrected chi connectivity index (χ0v) is 10.5. The van der Waals surface area contributed by atoms with Crippen molar-refractivity contribution in [3.05, 3.63) is 23.8 Å². The number of rotatable bonds is 6. The fourth-order valence-corrected chi connectivity index (χ4v) is 1.66. The van der Waals surface area contributed by atoms with Crippen LogP contribution in [0.4, 0.5) is 0 Å². The van der Waals surface area contributed by atoms with Gasteiger partial charge in [-0.3, -0.25) is 4.79 Å². The Bertz CT molecular complexity index is 370. The molecular formula is C12H15ClO4. The van der Waals surface area contributed by atoms with Crippen molar-refractivity contribution in [1.82, 2.24) is 0 Å². The highest BCUT2D eigenvalue weighted by Gasteiger charge is 2.12. The van der Waals surface area contributed by atoms with E-state index in [-0.39, 0.29) is 11.8 Å². The summed E-state index contributed by atoms with van der Waals surface area (Å²) >= 11 is 6.13. The molecule has 1 N–H and O–H groups in total. The Morgan fingerprint density at radius 1 is 1.29 bits per heavy atom. The molecule has 1 rings (SSSR count). The first kappa shape index (κ1) is 13.6. The number of ether oxygens (including phenoxy) is 2. The van der Waals surface area contributed by atoms with Crippen LogP contribution in [0, 0.1) is 0 Å². The van der Waals surface area contributed by atoms with Crippen molar-refractivity contribution < 1.29 is 19.4 Å². The molecule has 5 heteroatoms. The number of aliphatic carboxylic acids is 1. The van der Waals surface area contributed by atoms with E-state index in [2.05, 4.69) is 0 Å². The average Bonchev–Trinajstić information content (AvgIpc) is 2.34. The van der Waals surface area contributed by atoms with E-state index >= 15 is 0 Å². The number of carboxylic acids is 1. The Balaban J connectivity index is 2.84. The Labute approximate surface area is 105 Å². The van der Waals surface area contributed by atoms with E-state index in [4.69, 9.17) is 26.2 Å². The minimum atomic E-state index is -0.856. The van der Waals surface area contributed by atoms with Crippen LogP contribution in [0.2, 0.25) is 0 Å². The lowest BCUT2D eigenvalue weighted by molar-refractivity contribution is -0.137. The van der Waals surface area contributed by atoms with Crippen molar-refractivity contribution in [2.75, 3.05) is 14.2 Å². The smallest absolute Gasteiger partial charge is 0.303 e. The molecule has 1 unspecified atom stereocenters. The van der Waals surface area contributed by atoms with Crippen LogP contribution >= 0.6 is 11.6 Å². The number of carboxylic acid groups (broad SMARTS) is 1. The van der Waals surface area contributed by atoms with Crippen LogP contribution in [-0.4, -0.2) is 25.3 Å². The van der Waals surface area contributed by atoms with Gasteiger partial charge in [-0.25, -0.2) is 0 Å². The van der Waals surface area contributed by atoms with Crippen molar-refractivity contribution in [2.45, 2.75) is 18.2 Å². The molecule has 0 heterocycles. The summed E-state index contributed by atoms with van der Waals surface area (Å²) in [5.74, 6) is 0.422. The van der Waals surface area contributed by atoms with Crippen LogP contribution in [0.3, 0.4) is 0 Å². The summed E-state index contributed by atoms with van der Waals surface area (Å²) in [6.07, 6.45) is 0.404. The van der Waals surface area contributed by atoms with Crippen LogP contribution in [0.1, 0.15) is 23.8 Å². The van der Waals surface area contributed by atoms with Crippen LogP contribution in [0.15, 0.2) is 18.2 Å². The van der Waals surface area contributed by atoms with Crippen LogP contribution in [-0.2, 0) is 4.79 Å². The maximum Gasteiger partial charge on any atom is 0.303 e. The normalized spacial score (nSPS) is 11.9. The van der Waals surface area contributed by atoms with E-state index in [0.29, 0.717) is 17.9 Å². The SMILES string of the molecule is COc1cc(OC)cc(C(Cl)CCC(=O)O)c1. The highest BCUT2D eigenvalue weighted by Crippen LogP contribution is 2.32. The number of methoxy groups -OCH3 is 2. The van der Waals surface area contributed by atoms with Gasteiger partial charge in [-0.2, -0.15) is 0 Å². The third-order valence-corrected chi connectivity index (χ3v) is 2.82. The molecule has 0 saturated heterocycles. The van der Waals surface area contributed by atoms with E-state index < -0.39 is 5.97 Å². The number of benzene rings is 1. The highest BCUT2D eigenvalue weighted by atomic mass is 35.5. The number of halogens is 1. The lowest BCUT2D eigenvalue weighted by atomic mass is 10.1. The molecule has 0 aliphatic rings. The quantitative estimate of drug-likeness (QED) is 0.797. The minimum Gasteiger partial charge on any atom is -0.497 e. The predicted molar refractivity (Wildman–Crippen MR) is 65.0 cm³/mol. The summed E-state index contributed by atoms with van der Waals surface area (Å²) in [5.41, 5.74) is 0.795. The first-order valence-electron chi connectivity index (χ1n) is 5.15. The molecule has 0 aliphatic heterocycles. The molecule has 0 bridgehead atoms. The van der Waals surface area contributed by atoms with E-state index in [1.807, 2.05) is 0 Å². The van der Waals surface area contributed by atoms with Crippen molar-refractivity contribution >= 4 is 17.6 Å².